The van der Waals surface area contributed by atoms with Crippen molar-refractivity contribution in [2.24, 2.45) is 0 Å². The highest BCUT2D eigenvalue weighted by Crippen LogP contribution is 2.17. The first-order valence-corrected chi connectivity index (χ1v) is 7.13. The van der Waals surface area contributed by atoms with Gasteiger partial charge in [-0.05, 0) is 24.5 Å². The first-order chi connectivity index (χ1) is 9.31. The Morgan fingerprint density at radius 1 is 1.26 bits per heavy atom. The van der Waals surface area contributed by atoms with Crippen molar-refractivity contribution in [3.05, 3.63) is 36.0 Å². The molecule has 1 aromatic carbocycles. The molecule has 3 heteroatoms. The lowest BCUT2D eigenvalue weighted by atomic mass is 10.1. The average molecular weight is 258 g/mol. The number of amides is 1. The quantitative estimate of drug-likeness (QED) is 0.734. The maximum Gasteiger partial charge on any atom is 0.220 e. The molecule has 1 amide bonds. The van der Waals surface area contributed by atoms with Crippen molar-refractivity contribution in [3.63, 3.8) is 0 Å². The number of para-hydroxylation sites is 1. The van der Waals surface area contributed by atoms with Crippen molar-refractivity contribution < 1.29 is 4.79 Å². The van der Waals surface area contributed by atoms with Crippen LogP contribution in [-0.4, -0.2) is 17.4 Å². The zero-order chi connectivity index (χ0) is 13.5. The predicted molar refractivity (Wildman–Crippen MR) is 79.2 cm³/mol. The lowest BCUT2D eigenvalue weighted by Crippen LogP contribution is -2.25. The maximum atomic E-state index is 11.6. The summed E-state index contributed by atoms with van der Waals surface area (Å²) >= 11 is 0. The highest BCUT2D eigenvalue weighted by atomic mass is 16.1. The highest BCUT2D eigenvalue weighted by Gasteiger charge is 2.04. The van der Waals surface area contributed by atoms with Crippen molar-refractivity contribution in [2.75, 3.05) is 6.54 Å². The molecule has 0 bridgehead atoms. The molecular formula is C16H22N2O. The van der Waals surface area contributed by atoms with Crippen molar-refractivity contribution in [1.29, 1.82) is 0 Å². The van der Waals surface area contributed by atoms with Gasteiger partial charge in [-0.3, -0.25) is 4.79 Å². The summed E-state index contributed by atoms with van der Waals surface area (Å²) in [4.78, 5) is 14.8. The van der Waals surface area contributed by atoms with Crippen molar-refractivity contribution >= 4 is 16.8 Å². The smallest absolute Gasteiger partial charge is 0.220 e. The van der Waals surface area contributed by atoms with Crippen LogP contribution in [0.4, 0.5) is 0 Å². The van der Waals surface area contributed by atoms with E-state index in [0.717, 1.165) is 31.2 Å². The normalized spacial score (nSPS) is 10.8. The number of hydrogen-bond donors (Lipinski definition) is 2. The Bertz CT molecular complexity index is 530. The van der Waals surface area contributed by atoms with Gasteiger partial charge >= 0.3 is 0 Å². The molecule has 19 heavy (non-hydrogen) atoms. The van der Waals surface area contributed by atoms with Crippen molar-refractivity contribution in [1.82, 2.24) is 10.3 Å². The Kier molecular flexibility index (Phi) is 5.01. The van der Waals surface area contributed by atoms with Crippen LogP contribution in [0, 0.1) is 0 Å². The molecule has 0 unspecified atom stereocenters. The summed E-state index contributed by atoms with van der Waals surface area (Å²) in [6.07, 6.45) is 6.85. The molecule has 0 saturated carbocycles. The fraction of sp³-hybridized carbons (Fsp3) is 0.438. The summed E-state index contributed by atoms with van der Waals surface area (Å²) in [5, 5.41) is 4.24. The molecule has 0 spiro atoms. The average Bonchev–Trinajstić information content (AvgIpc) is 2.83. The van der Waals surface area contributed by atoms with Crippen LogP contribution in [0.3, 0.4) is 0 Å². The van der Waals surface area contributed by atoms with Gasteiger partial charge in [0.05, 0.1) is 0 Å². The van der Waals surface area contributed by atoms with Crippen LogP contribution >= 0.6 is 0 Å². The van der Waals surface area contributed by atoms with E-state index in [9.17, 15) is 4.79 Å². The number of carbonyl (C=O) groups is 1. The van der Waals surface area contributed by atoms with Gasteiger partial charge in [0.25, 0.3) is 0 Å². The third-order valence-corrected chi connectivity index (χ3v) is 3.40. The summed E-state index contributed by atoms with van der Waals surface area (Å²) in [7, 11) is 0. The lowest BCUT2D eigenvalue weighted by Gasteiger charge is -2.04. The minimum absolute atomic E-state index is 0.174. The van der Waals surface area contributed by atoms with E-state index in [0.29, 0.717) is 13.0 Å². The number of carbonyl (C=O) groups excluding carboxylic acids is 1. The summed E-state index contributed by atoms with van der Waals surface area (Å²) in [5.74, 6) is 0.174. The molecule has 2 rings (SSSR count). The van der Waals surface area contributed by atoms with Gasteiger partial charge in [-0.15, -0.1) is 0 Å². The molecule has 1 aromatic heterocycles. The second-order valence-corrected chi connectivity index (χ2v) is 4.92. The van der Waals surface area contributed by atoms with Crippen LogP contribution in [0.15, 0.2) is 30.5 Å². The molecule has 102 valence electrons. The van der Waals surface area contributed by atoms with E-state index in [1.165, 1.54) is 10.9 Å². The maximum absolute atomic E-state index is 11.6. The summed E-state index contributed by atoms with van der Waals surface area (Å²) in [5.41, 5.74) is 2.43. The van der Waals surface area contributed by atoms with Crippen LogP contribution < -0.4 is 5.32 Å². The molecule has 3 nitrogen and oxygen atoms in total. The predicted octanol–water partition coefficient (Wildman–Crippen LogP) is 3.41. The lowest BCUT2D eigenvalue weighted by molar-refractivity contribution is -0.121. The van der Waals surface area contributed by atoms with Gasteiger partial charge in [-0.1, -0.05) is 38.0 Å². The zero-order valence-electron chi connectivity index (χ0n) is 11.5. The van der Waals surface area contributed by atoms with Crippen molar-refractivity contribution in [2.45, 2.75) is 39.0 Å². The topological polar surface area (TPSA) is 44.9 Å². The molecular weight excluding hydrogens is 236 g/mol. The third kappa shape index (κ3) is 3.85. The first kappa shape index (κ1) is 13.7. The number of benzene rings is 1. The number of fused-ring (bicyclic) bond motifs is 1. The summed E-state index contributed by atoms with van der Waals surface area (Å²) < 4.78 is 0. The summed E-state index contributed by atoms with van der Waals surface area (Å²) in [6.45, 7) is 2.86. The number of aromatic nitrogens is 1. The van der Waals surface area contributed by atoms with E-state index in [1.807, 2.05) is 18.3 Å². The van der Waals surface area contributed by atoms with E-state index in [-0.39, 0.29) is 5.91 Å². The minimum atomic E-state index is 0.174. The Morgan fingerprint density at radius 2 is 2.11 bits per heavy atom. The van der Waals surface area contributed by atoms with E-state index in [2.05, 4.69) is 29.4 Å². The van der Waals surface area contributed by atoms with Crippen LogP contribution in [0.5, 0.6) is 0 Å². The molecule has 0 aliphatic carbocycles. The summed E-state index contributed by atoms with van der Waals surface area (Å²) in [6, 6.07) is 8.26. The molecule has 0 radical (unpaired) electrons. The number of hydrogen-bond acceptors (Lipinski definition) is 1. The second-order valence-electron chi connectivity index (χ2n) is 4.92. The Labute approximate surface area is 114 Å². The Morgan fingerprint density at radius 3 is 2.95 bits per heavy atom. The highest BCUT2D eigenvalue weighted by molar-refractivity contribution is 5.83. The molecule has 0 fully saturated rings. The van der Waals surface area contributed by atoms with E-state index in [4.69, 9.17) is 0 Å². The van der Waals surface area contributed by atoms with Crippen LogP contribution in [0.25, 0.3) is 10.9 Å². The minimum Gasteiger partial charge on any atom is -0.361 e. The fourth-order valence-electron chi connectivity index (χ4n) is 2.30. The van der Waals surface area contributed by atoms with E-state index in [1.54, 1.807) is 0 Å². The molecule has 1 heterocycles. The Hall–Kier alpha value is -1.77. The largest absolute Gasteiger partial charge is 0.361 e. The SMILES string of the molecule is CCCCCC(=O)NCCc1c[nH]c2ccccc12. The fourth-order valence-corrected chi connectivity index (χ4v) is 2.30. The number of aromatic amines is 1. The van der Waals surface area contributed by atoms with Gasteiger partial charge in [-0.2, -0.15) is 0 Å². The molecule has 0 aliphatic heterocycles. The van der Waals surface area contributed by atoms with E-state index < -0.39 is 0 Å². The standard InChI is InChI=1S/C16H22N2O/c1-2-3-4-9-16(19)17-11-10-13-12-18-15-8-6-5-7-14(13)15/h5-8,12,18H,2-4,9-11H2,1H3,(H,17,19). The van der Waals surface area contributed by atoms with Gasteiger partial charge in [0.15, 0.2) is 0 Å². The van der Waals surface area contributed by atoms with E-state index >= 15 is 0 Å². The number of H-pyrrole nitrogens is 1. The van der Waals surface area contributed by atoms with Crippen LogP contribution in [0.2, 0.25) is 0 Å². The zero-order valence-corrected chi connectivity index (χ0v) is 11.5. The number of rotatable bonds is 7. The molecule has 2 N–H and O–H groups in total. The molecule has 0 saturated heterocycles. The number of unbranched alkanes of at least 4 members (excludes halogenated alkanes) is 2. The number of nitrogens with one attached hydrogen (secondary N) is 2. The van der Waals surface area contributed by atoms with Crippen LogP contribution in [-0.2, 0) is 11.2 Å². The molecule has 0 aliphatic rings. The van der Waals surface area contributed by atoms with Gasteiger partial charge in [-0.25, -0.2) is 0 Å². The van der Waals surface area contributed by atoms with Gasteiger partial charge in [0, 0.05) is 30.1 Å². The van der Waals surface area contributed by atoms with Gasteiger partial charge in [0.2, 0.25) is 5.91 Å². The molecule has 0 atom stereocenters. The monoisotopic (exact) mass is 258 g/mol. The van der Waals surface area contributed by atoms with Crippen LogP contribution in [0.1, 0.15) is 38.2 Å². The second kappa shape index (κ2) is 6.98. The first-order valence-electron chi connectivity index (χ1n) is 7.13. The third-order valence-electron chi connectivity index (χ3n) is 3.40. The Balaban J connectivity index is 1.78. The van der Waals surface area contributed by atoms with Gasteiger partial charge in [0.1, 0.15) is 0 Å². The molecule has 2 aromatic rings. The van der Waals surface area contributed by atoms with Crippen molar-refractivity contribution in [3.8, 4) is 0 Å². The van der Waals surface area contributed by atoms with Gasteiger partial charge < -0.3 is 10.3 Å².